The first kappa shape index (κ1) is 27.7. The molecule has 3 heterocycles. The lowest BCUT2D eigenvalue weighted by Crippen LogP contribution is -2.42. The fourth-order valence-electron chi connectivity index (χ4n) is 4.37. The monoisotopic (exact) mass is 508 g/mol. The van der Waals surface area contributed by atoms with Gasteiger partial charge in [0.2, 0.25) is 0 Å². The molecule has 8 heteroatoms. The zero-order chi connectivity index (χ0) is 25.9. The lowest BCUT2D eigenvalue weighted by atomic mass is 10.00. The van der Waals surface area contributed by atoms with Crippen molar-refractivity contribution in [3.63, 3.8) is 0 Å². The van der Waals surface area contributed by atoms with E-state index in [9.17, 15) is 0 Å². The predicted octanol–water partition coefficient (Wildman–Crippen LogP) is 5.27. The molecule has 4 rings (SSSR count). The molecule has 0 unspecified atom stereocenters. The predicted molar refractivity (Wildman–Crippen MR) is 154 cm³/mol. The molecule has 1 aromatic carbocycles. The molecular weight excluding hydrogens is 468 g/mol. The van der Waals surface area contributed by atoms with E-state index in [0.29, 0.717) is 6.04 Å². The molecule has 3 aromatic rings. The van der Waals surface area contributed by atoms with Crippen LogP contribution < -0.4 is 15.0 Å². The highest BCUT2D eigenvalue weighted by molar-refractivity contribution is 7.97. The minimum absolute atomic E-state index is 0.274. The molecule has 0 saturated carbocycles. The van der Waals surface area contributed by atoms with E-state index in [-0.39, 0.29) is 5.92 Å². The standard InChI is InChI=1S/C26H34N6O.C2H6S/c1-19(22-7-5-6-8-24(22)33-4)16-27-25-15-23(29-18-30-25)20-9-10-26(28-17-20)32(3)21-11-13-31(2)14-12-21;1-3-2/h5-10,15,17-19,21H,11-14,16H2,1-4H3,(H,27,29,30);1-2H3/t19-;/m1./s1. The van der Waals surface area contributed by atoms with Gasteiger partial charge >= 0.3 is 0 Å². The van der Waals surface area contributed by atoms with Gasteiger partial charge in [0.25, 0.3) is 0 Å². The molecule has 1 atom stereocenters. The first-order valence-electron chi connectivity index (χ1n) is 12.4. The third-order valence-electron chi connectivity index (χ3n) is 6.57. The number of aromatic nitrogens is 3. The molecule has 0 aliphatic carbocycles. The summed E-state index contributed by atoms with van der Waals surface area (Å²) in [5.74, 6) is 2.99. The van der Waals surface area contributed by atoms with Crippen molar-refractivity contribution in [3.05, 3.63) is 60.6 Å². The number of benzene rings is 1. The number of thioether (sulfide) groups is 1. The molecule has 1 aliphatic heterocycles. The Balaban J connectivity index is 0.00000115. The molecule has 7 nitrogen and oxygen atoms in total. The second-order valence-corrected chi connectivity index (χ2v) is 10.1. The summed E-state index contributed by atoms with van der Waals surface area (Å²) >= 11 is 1.75. The smallest absolute Gasteiger partial charge is 0.129 e. The fraction of sp³-hybridized carbons (Fsp3) is 0.464. The number of methoxy groups -OCH3 is 1. The van der Waals surface area contributed by atoms with Crippen LogP contribution in [0.5, 0.6) is 5.75 Å². The lowest BCUT2D eigenvalue weighted by Gasteiger charge is -2.35. The topological polar surface area (TPSA) is 66.4 Å². The Morgan fingerprint density at radius 3 is 2.50 bits per heavy atom. The van der Waals surface area contributed by atoms with E-state index in [4.69, 9.17) is 9.72 Å². The van der Waals surface area contributed by atoms with Crippen molar-refractivity contribution in [1.29, 1.82) is 0 Å². The van der Waals surface area contributed by atoms with Crippen LogP contribution in [0, 0.1) is 0 Å². The lowest BCUT2D eigenvalue weighted by molar-refractivity contribution is 0.252. The van der Waals surface area contributed by atoms with Crippen LogP contribution in [0.4, 0.5) is 11.6 Å². The van der Waals surface area contributed by atoms with Gasteiger partial charge in [0.1, 0.15) is 23.7 Å². The molecule has 0 amide bonds. The van der Waals surface area contributed by atoms with E-state index in [1.807, 2.05) is 43.0 Å². The van der Waals surface area contributed by atoms with Gasteiger partial charge in [-0.2, -0.15) is 11.8 Å². The molecule has 0 spiro atoms. The van der Waals surface area contributed by atoms with E-state index < -0.39 is 0 Å². The van der Waals surface area contributed by atoms with Crippen LogP contribution >= 0.6 is 11.8 Å². The molecule has 0 radical (unpaired) electrons. The number of hydrogen-bond donors (Lipinski definition) is 1. The highest BCUT2D eigenvalue weighted by Gasteiger charge is 2.21. The Morgan fingerprint density at radius 2 is 1.83 bits per heavy atom. The number of nitrogens with zero attached hydrogens (tertiary/aromatic N) is 5. The largest absolute Gasteiger partial charge is 0.496 e. The number of ether oxygens (including phenoxy) is 1. The van der Waals surface area contributed by atoms with Crippen molar-refractivity contribution < 1.29 is 4.74 Å². The maximum atomic E-state index is 5.50. The van der Waals surface area contributed by atoms with Crippen molar-refractivity contribution in [2.75, 3.05) is 63.6 Å². The van der Waals surface area contributed by atoms with Crippen molar-refractivity contribution in [3.8, 4) is 17.0 Å². The van der Waals surface area contributed by atoms with Gasteiger partial charge in [-0.25, -0.2) is 15.0 Å². The average Bonchev–Trinajstić information content (AvgIpc) is 2.92. The number of pyridine rings is 1. The third-order valence-corrected chi connectivity index (χ3v) is 6.57. The third kappa shape index (κ3) is 7.58. The van der Waals surface area contributed by atoms with Gasteiger partial charge in [0.05, 0.1) is 12.8 Å². The summed E-state index contributed by atoms with van der Waals surface area (Å²) in [5, 5.41) is 3.44. The van der Waals surface area contributed by atoms with Crippen LogP contribution in [0.2, 0.25) is 0 Å². The minimum Gasteiger partial charge on any atom is -0.496 e. The van der Waals surface area contributed by atoms with Crippen LogP contribution in [-0.2, 0) is 0 Å². The second-order valence-electron chi connectivity index (χ2n) is 9.27. The number of likely N-dealkylation sites (tertiary alicyclic amines) is 1. The minimum atomic E-state index is 0.274. The van der Waals surface area contributed by atoms with E-state index in [0.717, 1.165) is 48.3 Å². The fourth-order valence-corrected chi connectivity index (χ4v) is 4.37. The van der Waals surface area contributed by atoms with Crippen LogP contribution in [0.1, 0.15) is 31.2 Å². The van der Waals surface area contributed by atoms with Gasteiger partial charge in [0, 0.05) is 43.4 Å². The van der Waals surface area contributed by atoms with Crippen LogP contribution in [0.3, 0.4) is 0 Å². The second kappa shape index (κ2) is 14.0. The molecule has 194 valence electrons. The summed E-state index contributed by atoms with van der Waals surface area (Å²) in [6.07, 6.45) is 9.93. The maximum Gasteiger partial charge on any atom is 0.129 e. The number of nitrogens with one attached hydrogen (secondary N) is 1. The Bertz CT molecular complexity index is 1060. The summed E-state index contributed by atoms with van der Waals surface area (Å²) in [6, 6.07) is 14.8. The Kier molecular flexibility index (Phi) is 10.8. The van der Waals surface area contributed by atoms with E-state index in [1.165, 1.54) is 18.4 Å². The highest BCUT2D eigenvalue weighted by Crippen LogP contribution is 2.27. The van der Waals surface area contributed by atoms with Gasteiger partial charge in [-0.1, -0.05) is 25.1 Å². The van der Waals surface area contributed by atoms with Crippen molar-refractivity contribution in [2.24, 2.45) is 0 Å². The normalized spacial score (nSPS) is 14.9. The number of hydrogen-bond acceptors (Lipinski definition) is 8. The summed E-state index contributed by atoms with van der Waals surface area (Å²) in [5.41, 5.74) is 3.02. The van der Waals surface area contributed by atoms with Crippen molar-refractivity contribution in [2.45, 2.75) is 31.7 Å². The van der Waals surface area contributed by atoms with Gasteiger partial charge < -0.3 is 19.9 Å². The molecular formula is C28H40N6OS. The van der Waals surface area contributed by atoms with Crippen molar-refractivity contribution in [1.82, 2.24) is 19.9 Å². The van der Waals surface area contributed by atoms with Crippen LogP contribution in [0.15, 0.2) is 55.0 Å². The Labute approximate surface area is 220 Å². The van der Waals surface area contributed by atoms with Gasteiger partial charge in [-0.05, 0) is 69.3 Å². The first-order chi connectivity index (χ1) is 17.5. The maximum absolute atomic E-state index is 5.50. The SMILES string of the molecule is COc1ccccc1[C@H](C)CNc1cc(-c2ccc(N(C)C3CCN(C)CC3)nc2)ncn1.CSC. The van der Waals surface area contributed by atoms with E-state index in [2.05, 4.69) is 64.3 Å². The van der Waals surface area contributed by atoms with Gasteiger partial charge in [-0.3, -0.25) is 0 Å². The first-order valence-corrected chi connectivity index (χ1v) is 14.1. The van der Waals surface area contributed by atoms with Crippen LogP contribution in [-0.4, -0.2) is 79.2 Å². The van der Waals surface area contributed by atoms with Crippen molar-refractivity contribution >= 4 is 23.4 Å². The molecule has 2 aromatic heterocycles. The van der Waals surface area contributed by atoms with Crippen LogP contribution in [0.25, 0.3) is 11.3 Å². The Morgan fingerprint density at radius 1 is 1.11 bits per heavy atom. The number of rotatable bonds is 8. The summed E-state index contributed by atoms with van der Waals surface area (Å²) in [4.78, 5) is 18.3. The molecule has 1 N–H and O–H groups in total. The number of para-hydroxylation sites is 1. The molecule has 0 bridgehead atoms. The summed E-state index contributed by atoms with van der Waals surface area (Å²) in [6.45, 7) is 5.20. The quantitative estimate of drug-likeness (QED) is 0.441. The highest BCUT2D eigenvalue weighted by atomic mass is 32.2. The van der Waals surface area contributed by atoms with E-state index >= 15 is 0 Å². The van der Waals surface area contributed by atoms with E-state index in [1.54, 1.807) is 25.2 Å². The summed E-state index contributed by atoms with van der Waals surface area (Å²) < 4.78 is 5.50. The zero-order valence-corrected chi connectivity index (χ0v) is 23.3. The van der Waals surface area contributed by atoms with Gasteiger partial charge in [-0.15, -0.1) is 0 Å². The zero-order valence-electron chi connectivity index (χ0n) is 22.4. The number of anilines is 2. The average molecular weight is 509 g/mol. The molecule has 36 heavy (non-hydrogen) atoms. The Hall–Kier alpha value is -2.84. The molecule has 1 fully saturated rings. The molecule has 1 aliphatic rings. The molecule has 1 saturated heterocycles. The summed E-state index contributed by atoms with van der Waals surface area (Å²) in [7, 11) is 6.04. The van der Waals surface area contributed by atoms with Gasteiger partial charge in [0.15, 0.2) is 0 Å². The number of piperidine rings is 1.